The highest BCUT2D eigenvalue weighted by Crippen LogP contribution is 2.47. The molecule has 134 valence electrons. The third-order valence-corrected chi connectivity index (χ3v) is 6.88. The maximum atomic E-state index is 12.6. The van der Waals surface area contributed by atoms with Gasteiger partial charge in [0.2, 0.25) is 11.8 Å². The van der Waals surface area contributed by atoms with Crippen molar-refractivity contribution in [3.05, 3.63) is 0 Å². The molecule has 2 amide bonds. The topological polar surface area (TPSA) is 75.4 Å². The Morgan fingerprint density at radius 3 is 2.33 bits per heavy atom. The van der Waals surface area contributed by atoms with Crippen LogP contribution in [-0.4, -0.2) is 42.4 Å². The Morgan fingerprint density at radius 1 is 1.04 bits per heavy atom. The van der Waals surface area contributed by atoms with E-state index in [1.165, 1.54) is 51.5 Å². The van der Waals surface area contributed by atoms with Crippen LogP contribution >= 0.6 is 0 Å². The van der Waals surface area contributed by atoms with E-state index in [0.29, 0.717) is 18.8 Å². The first-order valence-corrected chi connectivity index (χ1v) is 9.92. The lowest BCUT2D eigenvalue weighted by atomic mass is 9.89. The van der Waals surface area contributed by atoms with Crippen LogP contribution in [0.2, 0.25) is 0 Å². The fraction of sp³-hybridized carbons (Fsp3) is 0.895. The van der Waals surface area contributed by atoms with Crippen LogP contribution in [-0.2, 0) is 9.59 Å². The summed E-state index contributed by atoms with van der Waals surface area (Å²) < 4.78 is 0. The number of carbonyl (C=O) groups is 2. The first kappa shape index (κ1) is 16.4. The van der Waals surface area contributed by atoms with Gasteiger partial charge in [-0.3, -0.25) is 9.59 Å². The molecule has 0 aromatic rings. The van der Waals surface area contributed by atoms with E-state index in [9.17, 15) is 9.59 Å². The lowest BCUT2D eigenvalue weighted by Gasteiger charge is -2.27. The van der Waals surface area contributed by atoms with Crippen molar-refractivity contribution in [2.45, 2.75) is 63.8 Å². The summed E-state index contributed by atoms with van der Waals surface area (Å²) in [4.78, 5) is 26.8. The van der Waals surface area contributed by atoms with Crippen molar-refractivity contribution in [1.29, 1.82) is 0 Å². The third kappa shape index (κ3) is 3.19. The molecule has 24 heavy (non-hydrogen) atoms. The molecule has 3 aliphatic carbocycles. The van der Waals surface area contributed by atoms with Crippen LogP contribution in [0.15, 0.2) is 0 Å². The zero-order chi connectivity index (χ0) is 16.7. The van der Waals surface area contributed by atoms with E-state index in [2.05, 4.69) is 10.2 Å². The summed E-state index contributed by atoms with van der Waals surface area (Å²) in [6.07, 6.45) is 10.7. The Kier molecular flexibility index (Phi) is 4.31. The van der Waals surface area contributed by atoms with E-state index in [0.717, 1.165) is 24.9 Å². The van der Waals surface area contributed by atoms with E-state index < -0.39 is 11.3 Å². The zero-order valence-electron chi connectivity index (χ0n) is 14.6. The van der Waals surface area contributed by atoms with E-state index in [-0.39, 0.29) is 11.9 Å². The summed E-state index contributed by atoms with van der Waals surface area (Å²) >= 11 is 0. The maximum Gasteiger partial charge on any atom is 0.235 e. The molecule has 0 unspecified atom stereocenters. The number of likely N-dealkylation sites (tertiary alicyclic amines) is 1. The second-order valence-electron chi connectivity index (χ2n) is 8.75. The largest absolute Gasteiger partial charge is 0.369 e. The molecular weight excluding hydrogens is 302 g/mol. The number of amides is 2. The molecule has 0 radical (unpaired) electrons. The van der Waals surface area contributed by atoms with Crippen molar-refractivity contribution >= 4 is 11.8 Å². The Hall–Kier alpha value is -1.10. The quantitative estimate of drug-likeness (QED) is 0.726. The lowest BCUT2D eigenvalue weighted by molar-refractivity contribution is -0.136. The summed E-state index contributed by atoms with van der Waals surface area (Å²) in [6, 6.07) is 0.213. The van der Waals surface area contributed by atoms with Gasteiger partial charge in [0.25, 0.3) is 0 Å². The molecule has 0 spiro atoms. The monoisotopic (exact) mass is 333 g/mol. The lowest BCUT2D eigenvalue weighted by Crippen LogP contribution is -2.48. The molecule has 4 rings (SSSR count). The average molecular weight is 333 g/mol. The number of hydrogen-bond acceptors (Lipinski definition) is 3. The average Bonchev–Trinajstić information content (AvgIpc) is 3.47. The van der Waals surface area contributed by atoms with Gasteiger partial charge in [-0.2, -0.15) is 0 Å². The molecule has 2 atom stereocenters. The van der Waals surface area contributed by atoms with Gasteiger partial charge in [0.1, 0.15) is 5.41 Å². The summed E-state index contributed by atoms with van der Waals surface area (Å²) in [6.45, 7) is 3.27. The summed E-state index contributed by atoms with van der Waals surface area (Å²) in [5.41, 5.74) is 4.57. The number of nitrogens with zero attached hydrogens (tertiary/aromatic N) is 1. The predicted octanol–water partition coefficient (Wildman–Crippen LogP) is 1.66. The highest BCUT2D eigenvalue weighted by atomic mass is 16.2. The normalized spacial score (nSPS) is 33.3. The Bertz CT molecular complexity index is 507. The van der Waals surface area contributed by atoms with Crippen molar-refractivity contribution in [1.82, 2.24) is 10.2 Å². The fourth-order valence-electron chi connectivity index (χ4n) is 4.97. The Labute approximate surface area is 144 Å². The Morgan fingerprint density at radius 2 is 1.75 bits per heavy atom. The van der Waals surface area contributed by atoms with Crippen LogP contribution in [0.3, 0.4) is 0 Å². The highest BCUT2D eigenvalue weighted by molar-refractivity contribution is 6.07. The number of primary amides is 1. The van der Waals surface area contributed by atoms with Gasteiger partial charge in [-0.1, -0.05) is 19.3 Å². The van der Waals surface area contributed by atoms with Crippen molar-refractivity contribution < 1.29 is 9.59 Å². The molecule has 0 aromatic carbocycles. The minimum Gasteiger partial charge on any atom is -0.369 e. The van der Waals surface area contributed by atoms with Crippen molar-refractivity contribution in [2.24, 2.45) is 28.9 Å². The maximum absolute atomic E-state index is 12.6. The second-order valence-corrected chi connectivity index (χ2v) is 8.75. The van der Waals surface area contributed by atoms with E-state index in [1.807, 2.05) is 0 Å². The number of nitrogens with two attached hydrogens (primary N) is 1. The van der Waals surface area contributed by atoms with Gasteiger partial charge in [0.05, 0.1) is 0 Å². The molecule has 0 aromatic heterocycles. The van der Waals surface area contributed by atoms with Crippen LogP contribution in [0.25, 0.3) is 0 Å². The predicted molar refractivity (Wildman–Crippen MR) is 92.0 cm³/mol. The smallest absolute Gasteiger partial charge is 0.235 e. The molecule has 1 aliphatic heterocycles. The van der Waals surface area contributed by atoms with Gasteiger partial charge in [-0.05, 0) is 56.3 Å². The van der Waals surface area contributed by atoms with Crippen LogP contribution < -0.4 is 11.1 Å². The summed E-state index contributed by atoms with van der Waals surface area (Å²) in [7, 11) is 0. The zero-order valence-corrected chi connectivity index (χ0v) is 14.6. The molecule has 4 aliphatic rings. The van der Waals surface area contributed by atoms with Gasteiger partial charge < -0.3 is 16.0 Å². The highest BCUT2D eigenvalue weighted by Gasteiger charge is 2.56. The minimum atomic E-state index is -0.884. The molecule has 0 bridgehead atoms. The number of hydrogen-bond donors (Lipinski definition) is 2. The van der Waals surface area contributed by atoms with Crippen molar-refractivity contribution in [2.75, 3.05) is 19.6 Å². The third-order valence-electron chi connectivity index (χ3n) is 6.88. The number of nitrogens with one attached hydrogen (secondary N) is 1. The van der Waals surface area contributed by atoms with Crippen LogP contribution in [0.4, 0.5) is 0 Å². The molecule has 1 heterocycles. The summed E-state index contributed by atoms with van der Waals surface area (Å²) in [5, 5.41) is 3.22. The summed E-state index contributed by atoms with van der Waals surface area (Å²) in [5.74, 6) is 1.63. The first-order valence-electron chi connectivity index (χ1n) is 9.92. The molecule has 4 fully saturated rings. The Balaban J connectivity index is 1.36. The second kappa shape index (κ2) is 6.32. The molecular formula is C19H31N3O2. The number of carbonyl (C=O) groups excluding carboxylic acids is 2. The number of rotatable bonds is 6. The van der Waals surface area contributed by atoms with E-state index >= 15 is 0 Å². The molecule has 5 heteroatoms. The van der Waals surface area contributed by atoms with E-state index in [4.69, 9.17) is 5.73 Å². The molecule has 3 saturated carbocycles. The SMILES string of the molecule is NC(=O)C1(C(=O)N[C@@H]2CN(CC3CCCCC3)C[C@H]2C2CC2)CC1. The van der Waals surface area contributed by atoms with Gasteiger partial charge >= 0.3 is 0 Å². The van der Waals surface area contributed by atoms with Crippen LogP contribution in [0.1, 0.15) is 57.8 Å². The van der Waals surface area contributed by atoms with Crippen LogP contribution in [0.5, 0.6) is 0 Å². The van der Waals surface area contributed by atoms with Gasteiger partial charge in [0, 0.05) is 25.7 Å². The molecule has 5 nitrogen and oxygen atoms in total. The minimum absolute atomic E-state index is 0.106. The van der Waals surface area contributed by atoms with E-state index in [1.54, 1.807) is 0 Å². The fourth-order valence-corrected chi connectivity index (χ4v) is 4.97. The molecule has 3 N–H and O–H groups in total. The first-order chi connectivity index (χ1) is 11.6. The van der Waals surface area contributed by atoms with Gasteiger partial charge in [-0.15, -0.1) is 0 Å². The standard InChI is InChI=1S/C19H31N3O2/c20-17(23)19(8-9-19)18(24)21-16-12-22(11-15(16)14-6-7-14)10-13-4-2-1-3-5-13/h13-16H,1-12H2,(H2,20,23)(H,21,24)/t15-,16+/m0/s1. The van der Waals surface area contributed by atoms with Gasteiger partial charge in [-0.25, -0.2) is 0 Å². The van der Waals surface area contributed by atoms with Crippen molar-refractivity contribution in [3.63, 3.8) is 0 Å². The van der Waals surface area contributed by atoms with Crippen LogP contribution in [0, 0.1) is 23.2 Å². The van der Waals surface area contributed by atoms with Crippen molar-refractivity contribution in [3.8, 4) is 0 Å². The molecule has 1 saturated heterocycles. The van der Waals surface area contributed by atoms with Gasteiger partial charge in [0.15, 0.2) is 0 Å².